The number of rotatable bonds is 4. The highest BCUT2D eigenvalue weighted by atomic mass is 19.1. The molecule has 2 heterocycles. The summed E-state index contributed by atoms with van der Waals surface area (Å²) in [6.45, 7) is 5.55. The van der Waals surface area contributed by atoms with Crippen LogP contribution >= 0.6 is 0 Å². The van der Waals surface area contributed by atoms with E-state index in [0.29, 0.717) is 11.3 Å². The van der Waals surface area contributed by atoms with Crippen molar-refractivity contribution in [2.24, 2.45) is 5.10 Å². The van der Waals surface area contributed by atoms with E-state index in [4.69, 9.17) is 0 Å². The van der Waals surface area contributed by atoms with Crippen molar-refractivity contribution in [1.29, 1.82) is 0 Å². The number of aryl methyl sites for hydroxylation is 1. The first kappa shape index (κ1) is 17.5. The van der Waals surface area contributed by atoms with Crippen LogP contribution in [-0.2, 0) is 0 Å². The summed E-state index contributed by atoms with van der Waals surface area (Å²) in [5.74, 6) is -0.593. The largest absolute Gasteiger partial charge is 0.318 e. The number of hydrogen-bond donors (Lipinski definition) is 1. The molecule has 0 aliphatic heterocycles. The summed E-state index contributed by atoms with van der Waals surface area (Å²) >= 11 is 0. The molecule has 2 aromatic heterocycles. The lowest BCUT2D eigenvalue weighted by Gasteiger charge is -2.09. The Balaban J connectivity index is 1.85. The van der Waals surface area contributed by atoms with Crippen LogP contribution in [0.3, 0.4) is 0 Å². The molecule has 1 N–H and O–H groups in total. The smallest absolute Gasteiger partial charge is 0.273 e. The van der Waals surface area contributed by atoms with Crippen molar-refractivity contribution in [1.82, 2.24) is 15.0 Å². The average molecular weight is 350 g/mol. The van der Waals surface area contributed by atoms with Crippen molar-refractivity contribution < 1.29 is 9.18 Å². The second-order valence-corrected chi connectivity index (χ2v) is 5.98. The Labute approximate surface area is 151 Å². The van der Waals surface area contributed by atoms with E-state index in [0.717, 1.165) is 22.6 Å². The van der Waals surface area contributed by atoms with Gasteiger partial charge in [-0.05, 0) is 57.2 Å². The van der Waals surface area contributed by atoms with Gasteiger partial charge in [-0.15, -0.1) is 0 Å². The molecule has 0 spiro atoms. The van der Waals surface area contributed by atoms with Gasteiger partial charge in [-0.3, -0.25) is 9.78 Å². The summed E-state index contributed by atoms with van der Waals surface area (Å²) < 4.78 is 15.1. The molecule has 0 aliphatic carbocycles. The molecule has 3 rings (SSSR count). The Hall–Kier alpha value is -3.28. The highest BCUT2D eigenvalue weighted by Gasteiger charge is 2.16. The molecule has 0 atom stereocenters. The zero-order chi connectivity index (χ0) is 18.7. The van der Waals surface area contributed by atoms with Gasteiger partial charge < -0.3 is 4.57 Å². The lowest BCUT2D eigenvalue weighted by atomic mass is 10.2. The fourth-order valence-electron chi connectivity index (χ4n) is 2.82. The number of aromatic nitrogens is 2. The van der Waals surface area contributed by atoms with Crippen LogP contribution in [-0.4, -0.2) is 21.2 Å². The molecule has 0 aliphatic rings. The number of amides is 1. The van der Waals surface area contributed by atoms with Crippen LogP contribution in [0.1, 0.15) is 34.2 Å². The lowest BCUT2D eigenvalue weighted by Crippen LogP contribution is -2.20. The summed E-state index contributed by atoms with van der Waals surface area (Å²) in [6.07, 6.45) is 3.37. The van der Waals surface area contributed by atoms with Crippen LogP contribution in [0.5, 0.6) is 0 Å². The van der Waals surface area contributed by atoms with E-state index in [-0.39, 0.29) is 11.7 Å². The second-order valence-electron chi connectivity index (χ2n) is 5.98. The number of hydrazone groups is 1. The molecule has 6 heteroatoms. The van der Waals surface area contributed by atoms with Gasteiger partial charge in [0.25, 0.3) is 5.91 Å². The Kier molecular flexibility index (Phi) is 4.93. The standard InChI is InChI=1S/C20H19FN4O/c1-13-11-19(15(3)25(13)18-8-6-17(21)7-9-18)20(26)24-23-14(2)16-5-4-10-22-12-16/h4-12H,1-3H3,(H,24,26). The maximum absolute atomic E-state index is 13.2. The van der Waals surface area contributed by atoms with Crippen LogP contribution in [0.15, 0.2) is 60.0 Å². The Morgan fingerprint density at radius 2 is 1.92 bits per heavy atom. The summed E-state index contributed by atoms with van der Waals surface area (Å²) in [4.78, 5) is 16.6. The van der Waals surface area contributed by atoms with Gasteiger partial charge in [0.15, 0.2) is 0 Å². The maximum atomic E-state index is 13.2. The van der Waals surface area contributed by atoms with Crippen molar-refractivity contribution in [3.8, 4) is 5.69 Å². The molecule has 1 amide bonds. The number of benzene rings is 1. The van der Waals surface area contributed by atoms with Gasteiger partial charge in [0.05, 0.1) is 11.3 Å². The van der Waals surface area contributed by atoms with Crippen LogP contribution < -0.4 is 5.43 Å². The maximum Gasteiger partial charge on any atom is 0.273 e. The quantitative estimate of drug-likeness (QED) is 0.575. The number of nitrogens with one attached hydrogen (secondary N) is 1. The third kappa shape index (κ3) is 3.54. The first-order valence-electron chi connectivity index (χ1n) is 8.17. The molecular weight excluding hydrogens is 331 g/mol. The number of hydrogen-bond acceptors (Lipinski definition) is 3. The fourth-order valence-corrected chi connectivity index (χ4v) is 2.82. The molecule has 0 saturated heterocycles. The molecule has 0 fully saturated rings. The normalized spacial score (nSPS) is 11.5. The molecule has 5 nitrogen and oxygen atoms in total. The van der Waals surface area contributed by atoms with E-state index >= 15 is 0 Å². The van der Waals surface area contributed by atoms with Crippen LogP contribution in [0.4, 0.5) is 4.39 Å². The Morgan fingerprint density at radius 3 is 2.58 bits per heavy atom. The van der Waals surface area contributed by atoms with Gasteiger partial charge in [0.1, 0.15) is 5.82 Å². The van der Waals surface area contributed by atoms with E-state index in [2.05, 4.69) is 15.5 Å². The zero-order valence-corrected chi connectivity index (χ0v) is 14.8. The minimum Gasteiger partial charge on any atom is -0.318 e. The van der Waals surface area contributed by atoms with Crippen molar-refractivity contribution in [2.45, 2.75) is 20.8 Å². The first-order valence-corrected chi connectivity index (χ1v) is 8.17. The lowest BCUT2D eigenvalue weighted by molar-refractivity contribution is 0.0954. The first-order chi connectivity index (χ1) is 12.5. The minimum atomic E-state index is -0.297. The van der Waals surface area contributed by atoms with Gasteiger partial charge in [0.2, 0.25) is 0 Å². The number of halogens is 1. The van der Waals surface area contributed by atoms with Gasteiger partial charge in [-0.1, -0.05) is 6.07 Å². The topological polar surface area (TPSA) is 59.3 Å². The van der Waals surface area contributed by atoms with Crippen LogP contribution in [0, 0.1) is 19.7 Å². The van der Waals surface area contributed by atoms with E-state index < -0.39 is 0 Å². The minimum absolute atomic E-state index is 0.297. The summed E-state index contributed by atoms with van der Waals surface area (Å²) in [5, 5.41) is 4.15. The van der Waals surface area contributed by atoms with Crippen molar-refractivity contribution in [3.63, 3.8) is 0 Å². The SMILES string of the molecule is CC(=NNC(=O)c1cc(C)n(-c2ccc(F)cc2)c1C)c1cccnc1. The average Bonchev–Trinajstić information content (AvgIpc) is 2.95. The summed E-state index contributed by atoms with van der Waals surface area (Å²) in [5.41, 5.74) is 7.06. The van der Waals surface area contributed by atoms with Gasteiger partial charge in [-0.25, -0.2) is 9.82 Å². The van der Waals surface area contributed by atoms with Gasteiger partial charge >= 0.3 is 0 Å². The molecular formula is C20H19FN4O. The van der Waals surface area contributed by atoms with Crippen molar-refractivity contribution in [2.75, 3.05) is 0 Å². The molecule has 26 heavy (non-hydrogen) atoms. The molecule has 0 saturated carbocycles. The highest BCUT2D eigenvalue weighted by molar-refractivity contribution is 6.01. The number of carbonyl (C=O) groups is 1. The fraction of sp³-hybridized carbons (Fsp3) is 0.150. The number of nitrogens with zero attached hydrogens (tertiary/aromatic N) is 3. The highest BCUT2D eigenvalue weighted by Crippen LogP contribution is 2.21. The molecule has 3 aromatic rings. The number of carbonyl (C=O) groups excluding carboxylic acids is 1. The van der Waals surface area contributed by atoms with Gasteiger partial charge in [0, 0.05) is 35.0 Å². The third-order valence-electron chi connectivity index (χ3n) is 4.17. The molecule has 1 aromatic carbocycles. The van der Waals surface area contributed by atoms with E-state index in [1.54, 1.807) is 37.5 Å². The molecule has 0 radical (unpaired) electrons. The predicted octanol–water partition coefficient (Wildman–Crippen LogP) is 3.78. The molecule has 0 bridgehead atoms. The van der Waals surface area contributed by atoms with Crippen molar-refractivity contribution >= 4 is 11.6 Å². The van der Waals surface area contributed by atoms with E-state index in [1.165, 1.54) is 12.1 Å². The zero-order valence-electron chi connectivity index (χ0n) is 14.8. The second kappa shape index (κ2) is 7.31. The third-order valence-corrected chi connectivity index (χ3v) is 4.17. The molecule has 0 unspecified atom stereocenters. The number of pyridine rings is 1. The monoisotopic (exact) mass is 350 g/mol. The Bertz CT molecular complexity index is 959. The summed E-state index contributed by atoms with van der Waals surface area (Å²) in [7, 11) is 0. The van der Waals surface area contributed by atoms with Crippen LogP contribution in [0.2, 0.25) is 0 Å². The van der Waals surface area contributed by atoms with Crippen molar-refractivity contribution in [3.05, 3.63) is 83.2 Å². The predicted molar refractivity (Wildman–Crippen MR) is 99.1 cm³/mol. The van der Waals surface area contributed by atoms with Crippen LogP contribution in [0.25, 0.3) is 5.69 Å². The van der Waals surface area contributed by atoms with E-state index in [9.17, 15) is 9.18 Å². The summed E-state index contributed by atoms with van der Waals surface area (Å²) in [6, 6.07) is 11.6. The molecule has 132 valence electrons. The Morgan fingerprint density at radius 1 is 1.19 bits per heavy atom. The van der Waals surface area contributed by atoms with Gasteiger partial charge in [-0.2, -0.15) is 5.10 Å². The van der Waals surface area contributed by atoms with E-state index in [1.807, 2.05) is 30.5 Å².